The van der Waals surface area contributed by atoms with E-state index >= 15 is 0 Å². The maximum absolute atomic E-state index is 12.5. The summed E-state index contributed by atoms with van der Waals surface area (Å²) in [6.07, 6.45) is -2.65. The van der Waals surface area contributed by atoms with Gasteiger partial charge in [-0.2, -0.15) is 0 Å². The van der Waals surface area contributed by atoms with Gasteiger partial charge in [-0.15, -0.1) is 0 Å². The van der Waals surface area contributed by atoms with E-state index < -0.39 is 19.1 Å². The molecule has 0 bridgehead atoms. The van der Waals surface area contributed by atoms with Gasteiger partial charge >= 0.3 is 0 Å². The van der Waals surface area contributed by atoms with E-state index in [1.165, 1.54) is 4.90 Å². The van der Waals surface area contributed by atoms with Gasteiger partial charge in [0.15, 0.2) is 0 Å². The SMILES string of the molecule is CC[C@H](O)c1ccccc1N(CCO)CC(F)F. The summed E-state index contributed by atoms with van der Waals surface area (Å²) in [5, 5.41) is 18.8. The molecule has 2 N–H and O–H groups in total. The first-order valence-electron chi connectivity index (χ1n) is 6.01. The topological polar surface area (TPSA) is 43.7 Å². The van der Waals surface area contributed by atoms with Crippen LogP contribution in [-0.2, 0) is 0 Å². The van der Waals surface area contributed by atoms with Gasteiger partial charge in [-0.05, 0) is 12.5 Å². The standard InChI is InChI=1S/C13H19F2NO2/c1-2-12(18)10-5-3-4-6-11(10)16(7-8-17)9-13(14)15/h3-6,12-13,17-18H,2,7-9H2,1H3/t12-/m0/s1. The summed E-state index contributed by atoms with van der Waals surface area (Å²) in [6.45, 7) is 1.29. The summed E-state index contributed by atoms with van der Waals surface area (Å²) < 4.78 is 25.0. The number of aliphatic hydroxyl groups is 2. The number of aliphatic hydroxyl groups excluding tert-OH is 2. The zero-order chi connectivity index (χ0) is 13.5. The van der Waals surface area contributed by atoms with Crippen molar-refractivity contribution in [1.29, 1.82) is 0 Å². The minimum absolute atomic E-state index is 0.123. The molecule has 0 spiro atoms. The lowest BCUT2D eigenvalue weighted by molar-refractivity contribution is 0.151. The fourth-order valence-corrected chi connectivity index (χ4v) is 1.87. The number of hydrogen-bond donors (Lipinski definition) is 2. The molecule has 0 aliphatic heterocycles. The van der Waals surface area contributed by atoms with E-state index in [-0.39, 0.29) is 13.2 Å². The van der Waals surface area contributed by atoms with E-state index in [1.807, 2.05) is 6.92 Å². The molecule has 0 radical (unpaired) electrons. The van der Waals surface area contributed by atoms with Crippen molar-refractivity contribution in [2.75, 3.05) is 24.6 Å². The lowest BCUT2D eigenvalue weighted by Gasteiger charge is -2.27. The maximum atomic E-state index is 12.5. The third-order valence-electron chi connectivity index (χ3n) is 2.75. The first-order valence-corrected chi connectivity index (χ1v) is 6.01. The Bertz CT molecular complexity index is 361. The van der Waals surface area contributed by atoms with Crippen LogP contribution < -0.4 is 4.90 Å². The summed E-state index contributed by atoms with van der Waals surface area (Å²) in [5.41, 5.74) is 1.18. The average Bonchev–Trinajstić information content (AvgIpc) is 2.37. The fourth-order valence-electron chi connectivity index (χ4n) is 1.87. The highest BCUT2D eigenvalue weighted by Gasteiger charge is 2.18. The van der Waals surface area contributed by atoms with Crippen LogP contribution in [0, 0.1) is 0 Å². The summed E-state index contributed by atoms with van der Waals surface area (Å²) in [4.78, 5) is 1.40. The van der Waals surface area contributed by atoms with Crippen LogP contribution in [0.1, 0.15) is 25.0 Å². The first kappa shape index (κ1) is 14.9. The normalized spacial score (nSPS) is 12.8. The highest BCUT2D eigenvalue weighted by Crippen LogP contribution is 2.28. The van der Waals surface area contributed by atoms with Gasteiger partial charge in [0.05, 0.1) is 19.3 Å². The van der Waals surface area contributed by atoms with Crippen molar-refractivity contribution in [3.05, 3.63) is 29.8 Å². The molecule has 0 aliphatic rings. The molecule has 1 rings (SSSR count). The van der Waals surface area contributed by atoms with Gasteiger partial charge in [0, 0.05) is 17.8 Å². The Morgan fingerprint density at radius 1 is 1.28 bits per heavy atom. The van der Waals surface area contributed by atoms with E-state index in [0.717, 1.165) is 0 Å². The van der Waals surface area contributed by atoms with Crippen molar-refractivity contribution < 1.29 is 19.0 Å². The number of rotatable bonds is 7. The van der Waals surface area contributed by atoms with E-state index in [9.17, 15) is 13.9 Å². The van der Waals surface area contributed by atoms with E-state index in [0.29, 0.717) is 17.7 Å². The predicted octanol–water partition coefficient (Wildman–Crippen LogP) is 2.19. The Balaban J connectivity index is 3.02. The van der Waals surface area contributed by atoms with Crippen molar-refractivity contribution >= 4 is 5.69 Å². The molecule has 0 saturated carbocycles. The highest BCUT2D eigenvalue weighted by molar-refractivity contribution is 5.54. The number of benzene rings is 1. The summed E-state index contributed by atoms with van der Waals surface area (Å²) in [5.74, 6) is 0. The lowest BCUT2D eigenvalue weighted by atomic mass is 10.0. The number of para-hydroxylation sites is 1. The molecule has 0 unspecified atom stereocenters. The van der Waals surface area contributed by atoms with Crippen LogP contribution in [0.2, 0.25) is 0 Å². The molecule has 1 atom stereocenters. The summed E-state index contributed by atoms with van der Waals surface area (Å²) in [6, 6.07) is 6.90. The Morgan fingerprint density at radius 2 is 1.94 bits per heavy atom. The second-order valence-electron chi connectivity index (χ2n) is 4.04. The maximum Gasteiger partial charge on any atom is 0.255 e. The van der Waals surface area contributed by atoms with E-state index in [2.05, 4.69) is 0 Å². The molecule has 5 heteroatoms. The second kappa shape index (κ2) is 7.28. The van der Waals surface area contributed by atoms with Gasteiger partial charge in [-0.3, -0.25) is 0 Å². The molecule has 18 heavy (non-hydrogen) atoms. The molecule has 1 aromatic rings. The molecule has 3 nitrogen and oxygen atoms in total. The molecule has 0 amide bonds. The highest BCUT2D eigenvalue weighted by atomic mass is 19.3. The van der Waals surface area contributed by atoms with Gasteiger partial charge < -0.3 is 15.1 Å². The Labute approximate surface area is 106 Å². The lowest BCUT2D eigenvalue weighted by Crippen LogP contribution is -2.32. The van der Waals surface area contributed by atoms with Crippen molar-refractivity contribution in [3.8, 4) is 0 Å². The molecule has 0 saturated heterocycles. The molecular weight excluding hydrogens is 240 g/mol. The monoisotopic (exact) mass is 259 g/mol. The van der Waals surface area contributed by atoms with Gasteiger partial charge in [0.25, 0.3) is 6.43 Å². The Kier molecular flexibility index (Phi) is 6.01. The summed E-state index contributed by atoms with van der Waals surface area (Å²) >= 11 is 0. The molecule has 102 valence electrons. The molecule has 1 aromatic carbocycles. The Morgan fingerprint density at radius 3 is 2.50 bits per heavy atom. The largest absolute Gasteiger partial charge is 0.395 e. The van der Waals surface area contributed by atoms with Crippen molar-refractivity contribution in [1.82, 2.24) is 0 Å². The van der Waals surface area contributed by atoms with Crippen LogP contribution in [0.25, 0.3) is 0 Å². The molecule has 0 aliphatic carbocycles. The third-order valence-corrected chi connectivity index (χ3v) is 2.75. The minimum Gasteiger partial charge on any atom is -0.395 e. The zero-order valence-corrected chi connectivity index (χ0v) is 10.4. The smallest absolute Gasteiger partial charge is 0.255 e. The van der Waals surface area contributed by atoms with Gasteiger partial charge in [-0.1, -0.05) is 25.1 Å². The molecule has 0 aromatic heterocycles. The first-order chi connectivity index (χ1) is 8.60. The predicted molar refractivity (Wildman–Crippen MR) is 67.0 cm³/mol. The minimum atomic E-state index is -2.48. The van der Waals surface area contributed by atoms with Crippen molar-refractivity contribution in [2.24, 2.45) is 0 Å². The van der Waals surface area contributed by atoms with Gasteiger partial charge in [0.2, 0.25) is 0 Å². The number of halogens is 2. The van der Waals surface area contributed by atoms with Crippen LogP contribution in [0.3, 0.4) is 0 Å². The van der Waals surface area contributed by atoms with Crippen LogP contribution in [-0.4, -0.2) is 36.3 Å². The quantitative estimate of drug-likeness (QED) is 0.789. The van der Waals surface area contributed by atoms with Gasteiger partial charge in [-0.25, -0.2) is 8.78 Å². The van der Waals surface area contributed by atoms with Gasteiger partial charge in [0.1, 0.15) is 0 Å². The van der Waals surface area contributed by atoms with E-state index in [4.69, 9.17) is 5.11 Å². The number of anilines is 1. The van der Waals surface area contributed by atoms with Crippen LogP contribution in [0.15, 0.2) is 24.3 Å². The van der Waals surface area contributed by atoms with Crippen LogP contribution >= 0.6 is 0 Å². The number of hydrogen-bond acceptors (Lipinski definition) is 3. The van der Waals surface area contributed by atoms with Crippen molar-refractivity contribution in [2.45, 2.75) is 25.9 Å². The van der Waals surface area contributed by atoms with Crippen LogP contribution in [0.4, 0.5) is 14.5 Å². The van der Waals surface area contributed by atoms with Crippen molar-refractivity contribution in [3.63, 3.8) is 0 Å². The molecule has 0 fully saturated rings. The number of alkyl halides is 2. The zero-order valence-electron chi connectivity index (χ0n) is 10.4. The van der Waals surface area contributed by atoms with Crippen LogP contribution in [0.5, 0.6) is 0 Å². The molecule has 0 heterocycles. The van der Waals surface area contributed by atoms with E-state index in [1.54, 1.807) is 24.3 Å². The second-order valence-corrected chi connectivity index (χ2v) is 4.04. The number of nitrogens with zero attached hydrogens (tertiary/aromatic N) is 1. The Hall–Kier alpha value is -1.20. The summed E-state index contributed by atoms with van der Waals surface area (Å²) in [7, 11) is 0. The fraction of sp³-hybridized carbons (Fsp3) is 0.538. The third kappa shape index (κ3) is 3.92. The average molecular weight is 259 g/mol. The molecular formula is C13H19F2NO2.